The van der Waals surface area contributed by atoms with E-state index in [1.807, 2.05) is 18.2 Å². The summed E-state index contributed by atoms with van der Waals surface area (Å²) in [5, 5.41) is 19.5. The van der Waals surface area contributed by atoms with Gasteiger partial charge in [-0.2, -0.15) is 0 Å². The fourth-order valence-corrected chi connectivity index (χ4v) is 12.8. The van der Waals surface area contributed by atoms with Crippen molar-refractivity contribution < 1.29 is 27.2 Å². The fraction of sp³-hybridized carbons (Fsp3) is 0.143. The number of hydrogen-bond donors (Lipinski definition) is 0. The van der Waals surface area contributed by atoms with Crippen LogP contribution in [0, 0.1) is 59.1 Å². The Morgan fingerprint density at radius 3 is 1.75 bits per heavy atom. The van der Waals surface area contributed by atoms with Crippen LogP contribution < -0.4 is 0 Å². The second-order valence-electron chi connectivity index (χ2n) is 13.5. The molecule has 1 spiro atoms. The maximum Gasteiger partial charge on any atom is 0.270 e. The van der Waals surface area contributed by atoms with Crippen LogP contribution in [0.25, 0.3) is 51.8 Å². The number of carbonyl (C=O) groups excluding carboxylic acids is 2. The van der Waals surface area contributed by atoms with Crippen molar-refractivity contribution in [2.45, 2.75) is 37.5 Å². The molecular weight excluding hydrogens is 765 g/mol. The number of nitrogens with zero attached hydrogens (tertiary/aromatic N) is 4. The molecule has 0 aliphatic heterocycles. The van der Waals surface area contributed by atoms with Gasteiger partial charge in [-0.05, 0) is 83.7 Å². The number of allylic oxidation sites excluding steroid dienone is 8. The van der Waals surface area contributed by atoms with Crippen LogP contribution >= 0.6 is 34.0 Å². The number of benzene rings is 2. The SMILES string of the molecule is [C-]#[N+]/C(C#N)=C1\C(=C\c2cc3sc4c5c(sc4c3s2)C=C(/C=C2\C(=O)c3cc(F)c(F)cc3\C2=C(\C#N)[N+]#[C-])C52CCCCC2)C(=O)c2cc(F)c(F)cc21. The Labute approximate surface area is 321 Å². The zero-order chi connectivity index (χ0) is 38.5. The summed E-state index contributed by atoms with van der Waals surface area (Å²) in [7, 11) is 0. The van der Waals surface area contributed by atoms with E-state index in [0.717, 1.165) is 91.2 Å². The summed E-state index contributed by atoms with van der Waals surface area (Å²) in [4.78, 5) is 35.6. The lowest BCUT2D eigenvalue weighted by Gasteiger charge is -2.36. The van der Waals surface area contributed by atoms with Crippen molar-refractivity contribution in [3.05, 3.63) is 148 Å². The molecule has 1 fully saturated rings. The summed E-state index contributed by atoms with van der Waals surface area (Å²) in [5.41, 5.74) is 0.522. The normalized spacial score (nSPS) is 20.0. The third-order valence-electron chi connectivity index (χ3n) is 10.7. The number of nitriles is 2. The molecule has 5 aromatic rings. The van der Waals surface area contributed by atoms with Crippen molar-refractivity contribution >= 4 is 87.7 Å². The van der Waals surface area contributed by atoms with Gasteiger partial charge in [-0.15, -0.1) is 34.0 Å². The highest BCUT2D eigenvalue weighted by molar-refractivity contribution is 7.39. The Morgan fingerprint density at radius 1 is 0.691 bits per heavy atom. The average molecular weight is 783 g/mol. The van der Waals surface area contributed by atoms with E-state index in [9.17, 15) is 37.7 Å². The van der Waals surface area contributed by atoms with Crippen LogP contribution in [0.1, 0.15) is 79.3 Å². The van der Waals surface area contributed by atoms with Gasteiger partial charge in [0.2, 0.25) is 0 Å². The summed E-state index contributed by atoms with van der Waals surface area (Å²) in [6.07, 6.45) is 9.72. The van der Waals surface area contributed by atoms with Crippen LogP contribution in [0.3, 0.4) is 0 Å². The smallest absolute Gasteiger partial charge is 0.270 e. The first-order valence-corrected chi connectivity index (χ1v) is 19.3. The molecule has 0 unspecified atom stereocenters. The second kappa shape index (κ2) is 12.4. The van der Waals surface area contributed by atoms with E-state index >= 15 is 0 Å². The minimum Gasteiger partial charge on any atom is -0.289 e. The lowest BCUT2D eigenvalue weighted by molar-refractivity contribution is 0.103. The third kappa shape index (κ3) is 4.84. The van der Waals surface area contributed by atoms with Crippen molar-refractivity contribution in [3.63, 3.8) is 0 Å². The molecular formula is C42H18F4N4O2S3. The number of hydrogen-bond acceptors (Lipinski definition) is 7. The summed E-state index contributed by atoms with van der Waals surface area (Å²) in [6, 6.07) is 8.86. The molecule has 0 radical (unpaired) electrons. The first-order chi connectivity index (χ1) is 26.5. The number of carbonyl (C=O) groups is 2. The molecule has 0 bridgehead atoms. The molecule has 0 amide bonds. The molecule has 0 N–H and O–H groups in total. The summed E-state index contributed by atoms with van der Waals surface area (Å²) in [6.45, 7) is 15.2. The zero-order valence-electron chi connectivity index (χ0n) is 28.0. The maximum atomic E-state index is 14.5. The van der Waals surface area contributed by atoms with Crippen LogP contribution in [0.5, 0.6) is 0 Å². The van der Waals surface area contributed by atoms with Crippen molar-refractivity contribution in [3.8, 4) is 12.1 Å². The van der Waals surface area contributed by atoms with Crippen LogP contribution in [0.2, 0.25) is 0 Å². The Bertz CT molecular complexity index is 3010. The molecule has 0 atom stereocenters. The quantitative estimate of drug-likeness (QED) is 0.0772. The molecule has 4 aliphatic rings. The Balaban J connectivity index is 1.18. The molecule has 264 valence electrons. The standard InChI is InChI=1S/C42H18F4N4O2S3/c1-49-30(16-47)34-20-12-26(43)28(45)14-22(20)37(51)24(34)8-18-9-32-36(42(18)6-4-3-5-7-42)40-41(54-32)39-33(55-40)11-19(53-39)10-25-35(31(17-48)50-2)21-13-27(44)29(46)15-23(21)38(25)52/h8-15H,3-7H2/b24-8-,25-10-,34-30+,35-31-. The highest BCUT2D eigenvalue weighted by Gasteiger charge is 2.46. The van der Waals surface area contributed by atoms with Crippen molar-refractivity contribution in [1.82, 2.24) is 0 Å². The second-order valence-corrected chi connectivity index (χ2v) is 16.7. The average Bonchev–Trinajstić information content (AvgIpc) is 3.98. The van der Waals surface area contributed by atoms with E-state index in [-0.39, 0.29) is 50.2 Å². The van der Waals surface area contributed by atoms with Gasteiger partial charge in [0.25, 0.3) is 11.4 Å². The highest BCUT2D eigenvalue weighted by atomic mass is 32.1. The zero-order valence-corrected chi connectivity index (χ0v) is 30.4. The van der Waals surface area contributed by atoms with Gasteiger partial charge in [0.15, 0.2) is 34.8 Å². The van der Waals surface area contributed by atoms with Crippen molar-refractivity contribution in [2.75, 3.05) is 0 Å². The molecule has 9 rings (SSSR count). The third-order valence-corrected chi connectivity index (χ3v) is 14.5. The highest BCUT2D eigenvalue weighted by Crippen LogP contribution is 2.60. The lowest BCUT2D eigenvalue weighted by atomic mass is 9.67. The van der Waals surface area contributed by atoms with E-state index in [1.54, 1.807) is 40.9 Å². The molecule has 4 aliphatic carbocycles. The lowest BCUT2D eigenvalue weighted by Crippen LogP contribution is -2.28. The maximum absolute atomic E-state index is 14.5. The minimum atomic E-state index is -1.21. The summed E-state index contributed by atoms with van der Waals surface area (Å²) in [5.74, 6) is -5.98. The van der Waals surface area contributed by atoms with Crippen LogP contribution in [-0.2, 0) is 5.41 Å². The Morgan fingerprint density at radius 2 is 1.22 bits per heavy atom. The van der Waals surface area contributed by atoms with Gasteiger partial charge in [0.05, 0.1) is 39.4 Å². The van der Waals surface area contributed by atoms with E-state index in [0.29, 0.717) is 4.88 Å². The van der Waals surface area contributed by atoms with Crippen LogP contribution in [-0.4, -0.2) is 11.6 Å². The monoisotopic (exact) mass is 782 g/mol. The predicted molar refractivity (Wildman–Crippen MR) is 204 cm³/mol. The van der Waals surface area contributed by atoms with Crippen LogP contribution in [0.4, 0.5) is 17.6 Å². The van der Waals surface area contributed by atoms with Gasteiger partial charge in [0, 0.05) is 53.3 Å². The number of halogens is 4. The molecule has 2 aromatic carbocycles. The molecule has 1 saturated carbocycles. The topological polar surface area (TPSA) is 90.4 Å². The molecule has 3 heterocycles. The number of fused-ring (bicyclic) bond motifs is 8. The number of thiophene rings is 3. The largest absolute Gasteiger partial charge is 0.289 e. The molecule has 3 aromatic heterocycles. The molecule has 6 nitrogen and oxygen atoms in total. The molecule has 55 heavy (non-hydrogen) atoms. The van der Waals surface area contributed by atoms with Gasteiger partial charge < -0.3 is 0 Å². The van der Waals surface area contributed by atoms with Crippen LogP contribution in [0.15, 0.2) is 64.5 Å². The fourth-order valence-electron chi connectivity index (χ4n) is 8.39. The first-order valence-electron chi connectivity index (χ1n) is 16.8. The van der Waals surface area contributed by atoms with Crippen molar-refractivity contribution in [2.24, 2.45) is 0 Å². The Hall–Kier alpha value is -6.22. The van der Waals surface area contributed by atoms with E-state index in [4.69, 9.17) is 13.1 Å². The predicted octanol–water partition coefficient (Wildman–Crippen LogP) is 11.7. The first kappa shape index (κ1) is 34.5. The van der Waals surface area contributed by atoms with Gasteiger partial charge in [0.1, 0.15) is 0 Å². The van der Waals surface area contributed by atoms with E-state index in [1.165, 1.54) is 11.3 Å². The number of rotatable bonds is 2. The summed E-state index contributed by atoms with van der Waals surface area (Å²) >= 11 is 4.57. The van der Waals surface area contributed by atoms with Gasteiger partial charge in [-0.3, -0.25) is 9.59 Å². The number of ketones is 2. The number of Topliss-reactive ketones (excluding diaryl/α,β-unsaturated/α-hetero) is 2. The molecule has 0 saturated heterocycles. The Kier molecular flexibility index (Phi) is 7.80. The van der Waals surface area contributed by atoms with E-state index < -0.39 is 45.9 Å². The minimum absolute atomic E-state index is 0.00246. The van der Waals surface area contributed by atoms with E-state index in [2.05, 4.69) is 9.69 Å². The van der Waals surface area contributed by atoms with Gasteiger partial charge >= 0.3 is 0 Å². The summed E-state index contributed by atoms with van der Waals surface area (Å²) < 4.78 is 61.3. The van der Waals surface area contributed by atoms with Crippen molar-refractivity contribution in [1.29, 1.82) is 10.5 Å². The van der Waals surface area contributed by atoms with Gasteiger partial charge in [-0.25, -0.2) is 37.8 Å². The van der Waals surface area contributed by atoms with Gasteiger partial charge in [-0.1, -0.05) is 19.3 Å². The molecule has 13 heteroatoms.